The zero-order valence-corrected chi connectivity index (χ0v) is 23.1. The number of halogens is 2. The molecule has 3 aromatic rings. The summed E-state index contributed by atoms with van der Waals surface area (Å²) >= 11 is 6.46. The maximum atomic E-state index is 13.8. The van der Waals surface area contributed by atoms with Crippen LogP contribution in [0.1, 0.15) is 68.5 Å². The molecule has 0 radical (unpaired) electrons. The lowest BCUT2D eigenvalue weighted by molar-refractivity contribution is -0.142. The van der Waals surface area contributed by atoms with Gasteiger partial charge in [0, 0.05) is 36.6 Å². The van der Waals surface area contributed by atoms with E-state index >= 15 is 0 Å². The second-order valence-corrected chi connectivity index (χ2v) is 10.4. The molecular weight excluding hydrogens is 531 g/mol. The third-order valence-corrected chi connectivity index (χ3v) is 7.41. The van der Waals surface area contributed by atoms with Crippen LogP contribution in [-0.2, 0) is 20.9 Å². The van der Waals surface area contributed by atoms with E-state index in [9.17, 15) is 18.8 Å². The third kappa shape index (κ3) is 8.36. The van der Waals surface area contributed by atoms with Gasteiger partial charge in [-0.3, -0.25) is 14.4 Å². The number of amides is 3. The van der Waals surface area contributed by atoms with Gasteiger partial charge in [0.1, 0.15) is 17.7 Å². The molecule has 9 heteroatoms. The lowest BCUT2D eigenvalue weighted by atomic mass is 9.94. The fraction of sp³-hybridized carbons (Fsp3) is 0.355. The Bertz CT molecular complexity index is 1280. The molecule has 2 N–H and O–H groups in total. The van der Waals surface area contributed by atoms with Crippen molar-refractivity contribution in [3.63, 3.8) is 0 Å². The highest BCUT2D eigenvalue weighted by Gasteiger charge is 2.33. The summed E-state index contributed by atoms with van der Waals surface area (Å²) < 4.78 is 13.8. The van der Waals surface area contributed by atoms with Gasteiger partial charge in [0.15, 0.2) is 0 Å². The highest BCUT2D eigenvalue weighted by Crippen LogP contribution is 2.29. The number of pyridine rings is 1. The molecule has 1 fully saturated rings. The SMILES string of the molecule is O=C(CCCC(=O)N(Cc1ccccc1Cl)[C@@H](C(=O)NC1CCCCC1)c1ccc(F)cc1)Nc1ccccn1. The Labute approximate surface area is 239 Å². The molecule has 1 aromatic heterocycles. The summed E-state index contributed by atoms with van der Waals surface area (Å²) in [5.41, 5.74) is 1.19. The standard InChI is InChI=1S/C31H34ClFN4O3/c32-26-12-5-4-9-23(26)21-37(29(39)15-8-14-28(38)36-27-13-6-7-20-34-27)30(22-16-18-24(33)19-17-22)31(40)35-25-10-2-1-3-11-25/h4-7,9,12-13,16-20,25,30H,1-3,8,10-11,14-15,21H2,(H,35,40)(H,34,36,38)/t30-/m1/s1. The molecule has 4 rings (SSSR count). The molecule has 0 aliphatic heterocycles. The van der Waals surface area contributed by atoms with Crippen molar-refractivity contribution in [3.05, 3.63) is 94.9 Å². The molecule has 1 aliphatic carbocycles. The van der Waals surface area contributed by atoms with Crippen molar-refractivity contribution in [2.75, 3.05) is 5.32 Å². The average molecular weight is 565 g/mol. The van der Waals surface area contributed by atoms with Crippen LogP contribution in [0.5, 0.6) is 0 Å². The first kappa shape index (κ1) is 29.2. The molecule has 0 saturated heterocycles. The molecule has 2 aromatic carbocycles. The number of nitrogens with zero attached hydrogens (tertiary/aromatic N) is 2. The van der Waals surface area contributed by atoms with Crippen molar-refractivity contribution in [2.24, 2.45) is 0 Å². The van der Waals surface area contributed by atoms with Gasteiger partial charge < -0.3 is 15.5 Å². The van der Waals surface area contributed by atoms with Gasteiger partial charge in [-0.1, -0.05) is 67.3 Å². The van der Waals surface area contributed by atoms with E-state index < -0.39 is 11.9 Å². The number of carbonyl (C=O) groups is 3. The van der Waals surface area contributed by atoms with E-state index in [-0.39, 0.29) is 49.6 Å². The molecule has 210 valence electrons. The van der Waals surface area contributed by atoms with Gasteiger partial charge in [-0.2, -0.15) is 0 Å². The van der Waals surface area contributed by atoms with Gasteiger partial charge in [0.05, 0.1) is 0 Å². The first-order valence-electron chi connectivity index (χ1n) is 13.7. The number of hydrogen-bond donors (Lipinski definition) is 2. The number of hydrogen-bond acceptors (Lipinski definition) is 4. The van der Waals surface area contributed by atoms with E-state index in [1.165, 1.54) is 29.2 Å². The molecule has 1 atom stereocenters. The van der Waals surface area contributed by atoms with Crippen LogP contribution in [-0.4, -0.2) is 33.6 Å². The fourth-order valence-electron chi connectivity index (χ4n) is 4.96. The summed E-state index contributed by atoms with van der Waals surface area (Å²) in [5, 5.41) is 6.33. The molecule has 0 spiro atoms. The number of carbonyl (C=O) groups excluding carboxylic acids is 3. The van der Waals surface area contributed by atoms with Crippen LogP contribution in [0.25, 0.3) is 0 Å². The van der Waals surface area contributed by atoms with E-state index in [1.807, 2.05) is 12.1 Å². The monoisotopic (exact) mass is 564 g/mol. The van der Waals surface area contributed by atoms with Crippen LogP contribution >= 0.6 is 11.6 Å². The predicted octanol–water partition coefficient (Wildman–Crippen LogP) is 6.20. The average Bonchev–Trinajstić information content (AvgIpc) is 2.95. The number of aromatic nitrogens is 1. The number of nitrogens with one attached hydrogen (secondary N) is 2. The highest BCUT2D eigenvalue weighted by atomic mass is 35.5. The van der Waals surface area contributed by atoms with Crippen LogP contribution in [0, 0.1) is 5.82 Å². The fourth-order valence-corrected chi connectivity index (χ4v) is 5.16. The number of benzene rings is 2. The smallest absolute Gasteiger partial charge is 0.247 e. The quantitative estimate of drug-likeness (QED) is 0.290. The maximum absolute atomic E-state index is 13.8. The Morgan fingerprint density at radius 1 is 0.950 bits per heavy atom. The van der Waals surface area contributed by atoms with Crippen molar-refractivity contribution in [2.45, 2.75) is 70.0 Å². The summed E-state index contributed by atoms with van der Waals surface area (Å²) in [7, 11) is 0. The molecule has 0 unspecified atom stereocenters. The Morgan fingerprint density at radius 3 is 2.38 bits per heavy atom. The topological polar surface area (TPSA) is 91.4 Å². The lowest BCUT2D eigenvalue weighted by Crippen LogP contribution is -2.46. The summed E-state index contributed by atoms with van der Waals surface area (Å²) in [6.45, 7) is 0.0821. The van der Waals surface area contributed by atoms with E-state index in [0.29, 0.717) is 22.0 Å². The number of anilines is 1. The van der Waals surface area contributed by atoms with Crippen molar-refractivity contribution in [3.8, 4) is 0 Å². The van der Waals surface area contributed by atoms with Gasteiger partial charge in [0.25, 0.3) is 0 Å². The van der Waals surface area contributed by atoms with Gasteiger partial charge in [0.2, 0.25) is 17.7 Å². The minimum absolute atomic E-state index is 0.0248. The van der Waals surface area contributed by atoms with Gasteiger partial charge >= 0.3 is 0 Å². The van der Waals surface area contributed by atoms with Crippen LogP contribution < -0.4 is 10.6 Å². The molecule has 1 aliphatic rings. The second-order valence-electron chi connectivity index (χ2n) is 10.0. The Balaban J connectivity index is 1.55. The lowest BCUT2D eigenvalue weighted by Gasteiger charge is -2.34. The summed E-state index contributed by atoms with van der Waals surface area (Å²) in [6.07, 6.45) is 6.98. The first-order valence-corrected chi connectivity index (χ1v) is 14.1. The minimum Gasteiger partial charge on any atom is -0.351 e. The summed E-state index contributed by atoms with van der Waals surface area (Å²) in [6, 6.07) is 17.1. The van der Waals surface area contributed by atoms with Crippen molar-refractivity contribution < 1.29 is 18.8 Å². The van der Waals surface area contributed by atoms with Gasteiger partial charge in [-0.15, -0.1) is 0 Å². The van der Waals surface area contributed by atoms with E-state index in [4.69, 9.17) is 11.6 Å². The van der Waals surface area contributed by atoms with Crippen LogP contribution in [0.3, 0.4) is 0 Å². The van der Waals surface area contributed by atoms with E-state index in [0.717, 1.165) is 32.1 Å². The Kier molecular flexibility index (Phi) is 10.6. The largest absolute Gasteiger partial charge is 0.351 e. The molecular formula is C31H34ClFN4O3. The van der Waals surface area contributed by atoms with E-state index in [2.05, 4.69) is 15.6 Å². The van der Waals surface area contributed by atoms with Crippen molar-refractivity contribution in [1.29, 1.82) is 0 Å². The summed E-state index contributed by atoms with van der Waals surface area (Å²) in [5.74, 6) is -0.868. The van der Waals surface area contributed by atoms with Crippen molar-refractivity contribution in [1.82, 2.24) is 15.2 Å². The summed E-state index contributed by atoms with van der Waals surface area (Å²) in [4.78, 5) is 45.6. The highest BCUT2D eigenvalue weighted by molar-refractivity contribution is 6.31. The predicted molar refractivity (Wildman–Crippen MR) is 153 cm³/mol. The second kappa shape index (κ2) is 14.6. The Morgan fingerprint density at radius 2 is 1.68 bits per heavy atom. The minimum atomic E-state index is -0.992. The Hall–Kier alpha value is -3.78. The maximum Gasteiger partial charge on any atom is 0.247 e. The third-order valence-electron chi connectivity index (χ3n) is 7.04. The zero-order chi connectivity index (χ0) is 28.3. The molecule has 1 heterocycles. The van der Waals surface area contributed by atoms with Crippen molar-refractivity contribution >= 4 is 35.1 Å². The van der Waals surface area contributed by atoms with Crippen LogP contribution in [0.4, 0.5) is 10.2 Å². The molecule has 0 bridgehead atoms. The van der Waals surface area contributed by atoms with Gasteiger partial charge in [-0.05, 0) is 60.7 Å². The molecule has 40 heavy (non-hydrogen) atoms. The zero-order valence-electron chi connectivity index (χ0n) is 22.3. The molecule has 3 amide bonds. The van der Waals surface area contributed by atoms with Crippen LogP contribution in [0.2, 0.25) is 5.02 Å². The number of rotatable bonds is 11. The van der Waals surface area contributed by atoms with E-state index in [1.54, 1.807) is 36.5 Å². The van der Waals surface area contributed by atoms with Gasteiger partial charge in [-0.25, -0.2) is 9.37 Å². The first-order chi connectivity index (χ1) is 19.4. The van der Waals surface area contributed by atoms with Crippen LogP contribution in [0.15, 0.2) is 72.9 Å². The molecule has 7 nitrogen and oxygen atoms in total. The molecule has 1 saturated carbocycles. The normalized spacial score (nSPS) is 14.2.